The average molecular weight is 256 g/mol. The van der Waals surface area contributed by atoms with Crippen LogP contribution in [0.5, 0.6) is 5.75 Å². The Morgan fingerprint density at radius 2 is 1.58 bits per heavy atom. The second-order valence-electron chi connectivity index (χ2n) is 5.31. The van der Waals surface area contributed by atoms with Crippen molar-refractivity contribution in [1.29, 1.82) is 0 Å². The average Bonchev–Trinajstić information content (AvgIpc) is 2.45. The Hall–Kier alpha value is -1.50. The predicted molar refractivity (Wildman–Crippen MR) is 82.7 cm³/mol. The predicted octanol–water partition coefficient (Wildman–Crippen LogP) is 5.45. The fourth-order valence-corrected chi connectivity index (χ4v) is 2.60. The van der Waals surface area contributed by atoms with Gasteiger partial charge in [-0.15, -0.1) is 0 Å². The molecule has 0 amide bonds. The number of aryl methyl sites for hydroxylation is 1. The second-order valence-corrected chi connectivity index (χ2v) is 5.31. The molecule has 0 heterocycles. The van der Waals surface area contributed by atoms with Gasteiger partial charge in [-0.05, 0) is 23.8 Å². The topological polar surface area (TPSA) is 20.2 Å². The van der Waals surface area contributed by atoms with Crippen LogP contribution in [-0.4, -0.2) is 5.11 Å². The summed E-state index contributed by atoms with van der Waals surface area (Å²) in [5, 5.41) is 12.4. The van der Waals surface area contributed by atoms with Crippen molar-refractivity contribution in [2.45, 2.75) is 51.9 Å². The van der Waals surface area contributed by atoms with Crippen LogP contribution in [0.4, 0.5) is 0 Å². The van der Waals surface area contributed by atoms with Gasteiger partial charge in [-0.25, -0.2) is 0 Å². The van der Waals surface area contributed by atoms with E-state index in [0.29, 0.717) is 5.75 Å². The third-order valence-electron chi connectivity index (χ3n) is 3.78. The number of unbranched alkanes of at least 4 members (excludes halogenated alkanes) is 5. The zero-order valence-electron chi connectivity index (χ0n) is 11.9. The number of aromatic hydroxyl groups is 1. The highest BCUT2D eigenvalue weighted by Gasteiger charge is 2.05. The number of fused-ring (bicyclic) bond motifs is 1. The minimum Gasteiger partial charge on any atom is -0.507 e. The molecule has 2 aromatic carbocycles. The lowest BCUT2D eigenvalue weighted by Gasteiger charge is -2.08. The molecule has 0 aliphatic heterocycles. The number of phenols is 1. The third kappa shape index (κ3) is 3.73. The number of hydrogen-bond donors (Lipinski definition) is 1. The highest BCUT2D eigenvalue weighted by Crippen LogP contribution is 2.29. The summed E-state index contributed by atoms with van der Waals surface area (Å²) in [7, 11) is 0. The Bertz CT molecular complexity index is 516. The fourth-order valence-electron chi connectivity index (χ4n) is 2.60. The fraction of sp³-hybridized carbons (Fsp3) is 0.444. The molecule has 0 saturated carbocycles. The SMILES string of the molecule is CCCCCCCCc1ccc2ccccc2c1O. The van der Waals surface area contributed by atoms with Crippen molar-refractivity contribution < 1.29 is 5.11 Å². The molecule has 0 aliphatic rings. The highest BCUT2D eigenvalue weighted by atomic mass is 16.3. The van der Waals surface area contributed by atoms with Crippen molar-refractivity contribution in [1.82, 2.24) is 0 Å². The van der Waals surface area contributed by atoms with Crippen LogP contribution in [0.3, 0.4) is 0 Å². The van der Waals surface area contributed by atoms with Crippen LogP contribution in [0.25, 0.3) is 10.8 Å². The van der Waals surface area contributed by atoms with Gasteiger partial charge in [0.2, 0.25) is 0 Å². The van der Waals surface area contributed by atoms with Crippen molar-refractivity contribution in [3.05, 3.63) is 42.0 Å². The van der Waals surface area contributed by atoms with Gasteiger partial charge in [-0.1, -0.05) is 75.4 Å². The molecular weight excluding hydrogens is 232 g/mol. The van der Waals surface area contributed by atoms with Crippen LogP contribution in [0.1, 0.15) is 51.0 Å². The molecule has 0 unspecified atom stereocenters. The van der Waals surface area contributed by atoms with Gasteiger partial charge in [0.25, 0.3) is 0 Å². The van der Waals surface area contributed by atoms with Gasteiger partial charge in [0, 0.05) is 5.39 Å². The lowest BCUT2D eigenvalue weighted by molar-refractivity contribution is 0.472. The highest BCUT2D eigenvalue weighted by molar-refractivity contribution is 5.89. The molecule has 19 heavy (non-hydrogen) atoms. The monoisotopic (exact) mass is 256 g/mol. The molecule has 1 heteroatoms. The summed E-state index contributed by atoms with van der Waals surface area (Å²) in [5.41, 5.74) is 1.09. The zero-order chi connectivity index (χ0) is 13.5. The van der Waals surface area contributed by atoms with E-state index in [0.717, 1.165) is 22.8 Å². The van der Waals surface area contributed by atoms with Crippen molar-refractivity contribution in [3.63, 3.8) is 0 Å². The van der Waals surface area contributed by atoms with Crippen molar-refractivity contribution >= 4 is 10.8 Å². The molecule has 1 N–H and O–H groups in total. The first-order chi connectivity index (χ1) is 9.33. The maximum Gasteiger partial charge on any atom is 0.126 e. The molecule has 2 aromatic rings. The Balaban J connectivity index is 1.92. The van der Waals surface area contributed by atoms with Gasteiger partial charge >= 0.3 is 0 Å². The summed E-state index contributed by atoms with van der Waals surface area (Å²) in [4.78, 5) is 0. The molecule has 0 aromatic heterocycles. The molecule has 102 valence electrons. The summed E-state index contributed by atoms with van der Waals surface area (Å²) in [6.07, 6.45) is 8.75. The molecule has 0 radical (unpaired) electrons. The summed E-state index contributed by atoms with van der Waals surface area (Å²) in [5.74, 6) is 0.478. The lowest BCUT2D eigenvalue weighted by atomic mass is 10.0. The number of hydrogen-bond acceptors (Lipinski definition) is 1. The van der Waals surface area contributed by atoms with E-state index in [4.69, 9.17) is 0 Å². The van der Waals surface area contributed by atoms with Crippen LogP contribution in [0.15, 0.2) is 36.4 Å². The first-order valence-electron chi connectivity index (χ1n) is 7.52. The van der Waals surface area contributed by atoms with E-state index < -0.39 is 0 Å². The van der Waals surface area contributed by atoms with Gasteiger partial charge in [0.15, 0.2) is 0 Å². The van der Waals surface area contributed by atoms with Crippen molar-refractivity contribution in [2.75, 3.05) is 0 Å². The summed E-state index contributed by atoms with van der Waals surface area (Å²) in [6, 6.07) is 12.2. The van der Waals surface area contributed by atoms with E-state index in [1.54, 1.807) is 0 Å². The molecule has 0 bridgehead atoms. The normalized spacial score (nSPS) is 11.0. The minimum atomic E-state index is 0.478. The largest absolute Gasteiger partial charge is 0.507 e. The first-order valence-corrected chi connectivity index (χ1v) is 7.52. The number of phenolic OH excluding ortho intramolecular Hbond substituents is 1. The molecular formula is C18H24O. The molecule has 1 nitrogen and oxygen atoms in total. The first kappa shape index (κ1) is 13.9. The van der Waals surface area contributed by atoms with Crippen LogP contribution >= 0.6 is 0 Å². The Labute approximate surface area is 116 Å². The van der Waals surface area contributed by atoms with Crippen LogP contribution in [-0.2, 0) is 6.42 Å². The number of rotatable bonds is 7. The number of benzene rings is 2. The van der Waals surface area contributed by atoms with Gasteiger partial charge in [0.05, 0.1) is 0 Å². The second kappa shape index (κ2) is 7.18. The minimum absolute atomic E-state index is 0.478. The smallest absolute Gasteiger partial charge is 0.126 e. The summed E-state index contributed by atoms with van der Waals surface area (Å²) < 4.78 is 0. The van der Waals surface area contributed by atoms with Gasteiger partial charge < -0.3 is 5.11 Å². The lowest BCUT2D eigenvalue weighted by Crippen LogP contribution is -1.88. The molecule has 2 rings (SSSR count). The zero-order valence-corrected chi connectivity index (χ0v) is 11.9. The third-order valence-corrected chi connectivity index (χ3v) is 3.78. The molecule has 0 atom stereocenters. The Kier molecular flexibility index (Phi) is 5.26. The van der Waals surface area contributed by atoms with Gasteiger partial charge in [0.1, 0.15) is 5.75 Å². The van der Waals surface area contributed by atoms with Gasteiger partial charge in [-0.2, -0.15) is 0 Å². The summed E-state index contributed by atoms with van der Waals surface area (Å²) in [6.45, 7) is 2.24. The molecule has 0 spiro atoms. The molecule has 0 saturated heterocycles. The van der Waals surface area contributed by atoms with E-state index in [1.807, 2.05) is 24.3 Å². The van der Waals surface area contributed by atoms with Gasteiger partial charge in [-0.3, -0.25) is 0 Å². The maximum absolute atomic E-state index is 10.3. The van der Waals surface area contributed by atoms with Crippen LogP contribution < -0.4 is 0 Å². The van der Waals surface area contributed by atoms with E-state index in [2.05, 4.69) is 19.1 Å². The quantitative estimate of drug-likeness (QED) is 0.653. The van der Waals surface area contributed by atoms with Crippen LogP contribution in [0.2, 0.25) is 0 Å². The van der Waals surface area contributed by atoms with Crippen LogP contribution in [0, 0.1) is 0 Å². The van der Waals surface area contributed by atoms with E-state index >= 15 is 0 Å². The maximum atomic E-state index is 10.3. The molecule has 0 fully saturated rings. The van der Waals surface area contributed by atoms with E-state index in [1.165, 1.54) is 38.5 Å². The summed E-state index contributed by atoms with van der Waals surface area (Å²) >= 11 is 0. The van der Waals surface area contributed by atoms with E-state index in [-0.39, 0.29) is 0 Å². The van der Waals surface area contributed by atoms with Crippen molar-refractivity contribution in [3.8, 4) is 5.75 Å². The Morgan fingerprint density at radius 1 is 0.842 bits per heavy atom. The van der Waals surface area contributed by atoms with E-state index in [9.17, 15) is 5.11 Å². The Morgan fingerprint density at radius 3 is 2.42 bits per heavy atom. The standard InChI is InChI=1S/C18H24O/c1-2-3-4-5-6-7-11-16-14-13-15-10-8-9-12-17(15)18(16)19/h8-10,12-14,19H,2-7,11H2,1H3. The molecule has 0 aliphatic carbocycles. The van der Waals surface area contributed by atoms with Crippen molar-refractivity contribution in [2.24, 2.45) is 0 Å².